The van der Waals surface area contributed by atoms with Crippen LogP contribution in [0.5, 0.6) is 0 Å². The Morgan fingerprint density at radius 3 is 2.45 bits per heavy atom. The van der Waals surface area contributed by atoms with E-state index in [1.165, 1.54) is 19.3 Å². The van der Waals surface area contributed by atoms with Crippen LogP contribution in [-0.4, -0.2) is 24.0 Å². The zero-order valence-electron chi connectivity index (χ0n) is 7.88. The van der Waals surface area contributed by atoms with Gasteiger partial charge in [-0.25, -0.2) is 0 Å². The van der Waals surface area contributed by atoms with E-state index >= 15 is 0 Å². The van der Waals surface area contributed by atoms with Crippen LogP contribution in [0.3, 0.4) is 0 Å². The average molecular weight is 153 g/mol. The van der Waals surface area contributed by atoms with Crippen LogP contribution in [0.25, 0.3) is 0 Å². The molecule has 3 aliphatic rings. The Labute approximate surface area is 69.8 Å². The molecule has 2 heterocycles. The number of rotatable bonds is 2. The van der Waals surface area contributed by atoms with Gasteiger partial charge in [-0.3, -0.25) is 4.90 Å². The number of hydrogen-bond acceptors (Lipinski definition) is 1. The van der Waals surface area contributed by atoms with Crippen molar-refractivity contribution in [2.45, 2.75) is 45.2 Å². The molecular formula is C10H19N. The highest BCUT2D eigenvalue weighted by atomic mass is 15.2. The maximum Gasteiger partial charge on any atom is 0.0150 e. The summed E-state index contributed by atoms with van der Waals surface area (Å²) in [6, 6.07) is 1.88. The number of hydrogen-bond donors (Lipinski definition) is 0. The molecule has 0 aromatic heterocycles. The number of nitrogens with zero attached hydrogens (tertiary/aromatic N) is 1. The normalized spacial score (nSPS) is 45.5. The van der Waals surface area contributed by atoms with Crippen LogP contribution in [0, 0.1) is 11.8 Å². The molecule has 0 amide bonds. The lowest BCUT2D eigenvalue weighted by Gasteiger charge is -2.25. The van der Waals surface area contributed by atoms with Gasteiger partial charge in [0.1, 0.15) is 0 Å². The summed E-state index contributed by atoms with van der Waals surface area (Å²) < 4.78 is 0. The van der Waals surface area contributed by atoms with Gasteiger partial charge in [-0.15, -0.1) is 0 Å². The predicted octanol–water partition coefficient (Wildman–Crippen LogP) is 2.13. The summed E-state index contributed by atoms with van der Waals surface area (Å²) in [4.78, 5) is 2.62. The van der Waals surface area contributed by atoms with E-state index in [1.807, 2.05) is 0 Å². The van der Waals surface area contributed by atoms with Gasteiger partial charge in [0.2, 0.25) is 0 Å². The fraction of sp³-hybridized carbons (Fsp3) is 1.00. The van der Waals surface area contributed by atoms with Gasteiger partial charge < -0.3 is 0 Å². The van der Waals surface area contributed by atoms with Crippen molar-refractivity contribution in [3.63, 3.8) is 0 Å². The summed E-state index contributed by atoms with van der Waals surface area (Å²) in [5.74, 6) is 1.97. The fourth-order valence-corrected chi connectivity index (χ4v) is 2.92. The lowest BCUT2D eigenvalue weighted by atomic mass is 9.79. The molecule has 0 N–H and O–H groups in total. The molecule has 11 heavy (non-hydrogen) atoms. The van der Waals surface area contributed by atoms with Crippen molar-refractivity contribution in [1.29, 1.82) is 0 Å². The molecule has 0 radical (unpaired) electrons. The molecule has 1 aliphatic carbocycles. The van der Waals surface area contributed by atoms with E-state index in [2.05, 4.69) is 25.8 Å². The third kappa shape index (κ3) is 0.936. The molecule has 1 unspecified atom stereocenters. The maximum absolute atomic E-state index is 2.62. The Kier molecular flexibility index (Phi) is 1.71. The third-order valence-electron chi connectivity index (χ3n) is 3.91. The molecule has 2 saturated heterocycles. The van der Waals surface area contributed by atoms with Crippen LogP contribution >= 0.6 is 0 Å². The largest absolute Gasteiger partial charge is 0.300 e. The highest BCUT2D eigenvalue weighted by Crippen LogP contribution is 2.47. The first-order chi connectivity index (χ1) is 5.24. The van der Waals surface area contributed by atoms with Crippen LogP contribution in [0.15, 0.2) is 0 Å². The molecule has 64 valence electrons. The highest BCUT2D eigenvalue weighted by Gasteiger charge is 2.49. The highest BCUT2D eigenvalue weighted by molar-refractivity contribution is 5.04. The molecule has 0 aromatic carbocycles. The van der Waals surface area contributed by atoms with Crippen molar-refractivity contribution in [2.75, 3.05) is 7.05 Å². The van der Waals surface area contributed by atoms with Crippen LogP contribution in [0.2, 0.25) is 0 Å². The van der Waals surface area contributed by atoms with Crippen LogP contribution < -0.4 is 0 Å². The first-order valence-electron chi connectivity index (χ1n) is 4.96. The third-order valence-corrected chi connectivity index (χ3v) is 3.91. The first-order valence-corrected chi connectivity index (χ1v) is 4.96. The van der Waals surface area contributed by atoms with E-state index in [-0.39, 0.29) is 0 Å². The Morgan fingerprint density at radius 2 is 2.09 bits per heavy atom. The Morgan fingerprint density at radius 1 is 1.45 bits per heavy atom. The summed E-state index contributed by atoms with van der Waals surface area (Å²) in [5.41, 5.74) is 0. The van der Waals surface area contributed by atoms with Gasteiger partial charge in [0, 0.05) is 12.1 Å². The zero-order chi connectivity index (χ0) is 8.01. The smallest absolute Gasteiger partial charge is 0.0150 e. The predicted molar refractivity (Wildman–Crippen MR) is 47.5 cm³/mol. The monoisotopic (exact) mass is 153 g/mol. The van der Waals surface area contributed by atoms with Crippen LogP contribution in [0.1, 0.15) is 33.1 Å². The second-order valence-corrected chi connectivity index (χ2v) is 4.43. The molecule has 2 bridgehead atoms. The summed E-state index contributed by atoms with van der Waals surface area (Å²) in [5, 5.41) is 0. The minimum Gasteiger partial charge on any atom is -0.300 e. The van der Waals surface area contributed by atoms with E-state index in [0.29, 0.717) is 0 Å². The molecule has 3 fully saturated rings. The minimum absolute atomic E-state index is 0.914. The van der Waals surface area contributed by atoms with E-state index in [9.17, 15) is 0 Å². The molecule has 3 rings (SSSR count). The summed E-state index contributed by atoms with van der Waals surface area (Å²) >= 11 is 0. The Balaban J connectivity index is 2.03. The molecule has 1 saturated carbocycles. The molecule has 1 nitrogen and oxygen atoms in total. The van der Waals surface area contributed by atoms with Gasteiger partial charge in [-0.1, -0.05) is 20.3 Å². The molecule has 0 aromatic rings. The van der Waals surface area contributed by atoms with Crippen molar-refractivity contribution in [1.82, 2.24) is 4.90 Å². The Hall–Kier alpha value is -0.0400. The van der Waals surface area contributed by atoms with Gasteiger partial charge in [0.05, 0.1) is 0 Å². The lowest BCUT2D eigenvalue weighted by Crippen LogP contribution is -2.31. The van der Waals surface area contributed by atoms with Gasteiger partial charge in [-0.05, 0) is 31.7 Å². The average Bonchev–Trinajstić information content (AvgIpc) is 2.36. The minimum atomic E-state index is 0.914. The zero-order valence-corrected chi connectivity index (χ0v) is 7.88. The van der Waals surface area contributed by atoms with E-state index in [1.54, 1.807) is 0 Å². The number of fused-ring (bicyclic) bond motifs is 1. The second-order valence-electron chi connectivity index (χ2n) is 4.43. The van der Waals surface area contributed by atoms with E-state index in [0.717, 1.165) is 23.9 Å². The van der Waals surface area contributed by atoms with Crippen molar-refractivity contribution in [3.05, 3.63) is 0 Å². The van der Waals surface area contributed by atoms with Crippen molar-refractivity contribution in [2.24, 2.45) is 11.8 Å². The van der Waals surface area contributed by atoms with E-state index < -0.39 is 0 Å². The second kappa shape index (κ2) is 2.48. The van der Waals surface area contributed by atoms with Gasteiger partial charge in [0.25, 0.3) is 0 Å². The van der Waals surface area contributed by atoms with Crippen molar-refractivity contribution >= 4 is 0 Å². The van der Waals surface area contributed by atoms with Gasteiger partial charge >= 0.3 is 0 Å². The summed E-state index contributed by atoms with van der Waals surface area (Å²) in [6.45, 7) is 4.72. The molecule has 2 atom stereocenters. The molecule has 0 spiro atoms. The maximum atomic E-state index is 2.62. The van der Waals surface area contributed by atoms with Crippen molar-refractivity contribution < 1.29 is 0 Å². The fourth-order valence-electron chi connectivity index (χ4n) is 2.92. The van der Waals surface area contributed by atoms with Crippen LogP contribution in [0.4, 0.5) is 0 Å². The standard InChI is InChI=1S/C10H19N/c1-4-7(2)10-8-5-9(6-8)11(10)3/h7-10H,4-6H2,1-3H3/t7?,8?,9?,10-/m0/s1. The van der Waals surface area contributed by atoms with Crippen molar-refractivity contribution in [3.8, 4) is 0 Å². The van der Waals surface area contributed by atoms with E-state index in [4.69, 9.17) is 0 Å². The van der Waals surface area contributed by atoms with Crippen LogP contribution in [-0.2, 0) is 0 Å². The van der Waals surface area contributed by atoms with Gasteiger partial charge in [-0.2, -0.15) is 0 Å². The summed E-state index contributed by atoms with van der Waals surface area (Å²) in [6.07, 6.45) is 4.33. The first kappa shape index (κ1) is 7.60. The lowest BCUT2D eigenvalue weighted by molar-refractivity contribution is 0.227. The molecule has 2 aliphatic heterocycles. The molecular weight excluding hydrogens is 134 g/mol. The SMILES string of the molecule is CCC(C)[C@H]1C2CC(C2)N1C. The Bertz CT molecular complexity index is 149. The quantitative estimate of drug-likeness (QED) is 0.587. The topological polar surface area (TPSA) is 3.24 Å². The molecule has 1 heteroatoms. The van der Waals surface area contributed by atoms with Gasteiger partial charge in [0.15, 0.2) is 0 Å². The summed E-state index contributed by atoms with van der Waals surface area (Å²) in [7, 11) is 2.31.